The summed E-state index contributed by atoms with van der Waals surface area (Å²) in [5.41, 5.74) is 0.00694. The zero-order chi connectivity index (χ0) is 20.3. The number of anilines is 1. The van der Waals surface area contributed by atoms with Crippen molar-refractivity contribution in [3.63, 3.8) is 0 Å². The Balaban J connectivity index is 1.51. The number of hydrogen-bond donors (Lipinski definition) is 1. The lowest BCUT2D eigenvalue weighted by atomic mass is 10.1. The van der Waals surface area contributed by atoms with E-state index in [4.69, 9.17) is 4.52 Å². The van der Waals surface area contributed by atoms with Gasteiger partial charge in [0.05, 0.1) is 11.6 Å². The molecule has 1 aliphatic rings. The van der Waals surface area contributed by atoms with E-state index in [0.29, 0.717) is 49.9 Å². The van der Waals surface area contributed by atoms with E-state index in [9.17, 15) is 18.0 Å². The third kappa shape index (κ3) is 5.11. The molecule has 0 radical (unpaired) electrons. The van der Waals surface area contributed by atoms with Crippen LogP contribution in [0.4, 0.5) is 19.0 Å². The number of aryl methyl sites for hydroxylation is 1. The fourth-order valence-electron chi connectivity index (χ4n) is 3.23. The zero-order valence-electron chi connectivity index (χ0n) is 15.8. The van der Waals surface area contributed by atoms with Crippen molar-refractivity contribution in [2.75, 3.05) is 31.5 Å². The summed E-state index contributed by atoms with van der Waals surface area (Å²) in [7, 11) is 0. The summed E-state index contributed by atoms with van der Waals surface area (Å²) in [6.45, 7) is 6.70. The molecular formula is C19H23F3N4O2. The number of aromatic nitrogens is 1. The van der Waals surface area contributed by atoms with Crippen LogP contribution in [-0.4, -0.2) is 53.1 Å². The number of nitrogens with one attached hydrogen (secondary N) is 1. The van der Waals surface area contributed by atoms with Crippen molar-refractivity contribution < 1.29 is 22.5 Å². The van der Waals surface area contributed by atoms with E-state index in [1.54, 1.807) is 19.1 Å². The molecule has 0 saturated carbocycles. The minimum atomic E-state index is -4.33. The van der Waals surface area contributed by atoms with Crippen LogP contribution in [0, 0.1) is 6.92 Å². The third-order valence-corrected chi connectivity index (χ3v) is 4.87. The molecule has 1 amide bonds. The van der Waals surface area contributed by atoms with E-state index in [1.807, 2.05) is 11.8 Å². The van der Waals surface area contributed by atoms with Crippen molar-refractivity contribution in [1.29, 1.82) is 0 Å². The van der Waals surface area contributed by atoms with Crippen molar-refractivity contribution in [2.24, 2.45) is 0 Å². The van der Waals surface area contributed by atoms with Gasteiger partial charge in [-0.1, -0.05) is 23.4 Å². The largest absolute Gasteiger partial charge is 0.416 e. The number of piperazine rings is 1. The molecular weight excluding hydrogens is 373 g/mol. The quantitative estimate of drug-likeness (QED) is 0.841. The summed E-state index contributed by atoms with van der Waals surface area (Å²) in [4.78, 5) is 16.5. The van der Waals surface area contributed by atoms with Gasteiger partial charge in [0.25, 0.3) is 0 Å². The predicted octanol–water partition coefficient (Wildman–Crippen LogP) is 3.15. The molecule has 0 aliphatic carbocycles. The average Bonchev–Trinajstić information content (AvgIpc) is 3.06. The maximum Gasteiger partial charge on any atom is 0.416 e. The smallest absolute Gasteiger partial charge is 0.360 e. The van der Waals surface area contributed by atoms with E-state index in [1.165, 1.54) is 12.1 Å². The third-order valence-electron chi connectivity index (χ3n) is 4.87. The summed E-state index contributed by atoms with van der Waals surface area (Å²) in [6, 6.07) is 6.73. The summed E-state index contributed by atoms with van der Waals surface area (Å²) < 4.78 is 43.5. The first-order chi connectivity index (χ1) is 13.2. The molecule has 9 heteroatoms. The van der Waals surface area contributed by atoms with Gasteiger partial charge in [0.2, 0.25) is 5.91 Å². The first-order valence-corrected chi connectivity index (χ1v) is 9.09. The fourth-order valence-corrected chi connectivity index (χ4v) is 3.23. The van der Waals surface area contributed by atoms with Gasteiger partial charge in [0.1, 0.15) is 5.76 Å². The Bertz CT molecular complexity index is 814. The van der Waals surface area contributed by atoms with Gasteiger partial charge in [0, 0.05) is 38.8 Å². The maximum atomic E-state index is 12.9. The molecule has 1 aromatic heterocycles. The maximum absolute atomic E-state index is 12.9. The Morgan fingerprint density at radius 1 is 1.25 bits per heavy atom. The Morgan fingerprint density at radius 3 is 2.57 bits per heavy atom. The molecule has 3 rings (SSSR count). The highest BCUT2D eigenvalue weighted by atomic mass is 19.4. The Hall–Kier alpha value is -2.39. The summed E-state index contributed by atoms with van der Waals surface area (Å²) >= 11 is 0. The van der Waals surface area contributed by atoms with Gasteiger partial charge in [-0.2, -0.15) is 13.2 Å². The second-order valence-corrected chi connectivity index (χ2v) is 7.00. The SMILES string of the molecule is Cc1cc(NC(=O)C(C)N2CCN(Cc3cccc(C(F)(F)F)c3)CC2)no1. The molecule has 6 nitrogen and oxygen atoms in total. The van der Waals surface area contributed by atoms with E-state index in [0.717, 1.165) is 6.07 Å². The van der Waals surface area contributed by atoms with Crippen LogP contribution < -0.4 is 5.32 Å². The normalized spacial score (nSPS) is 17.5. The molecule has 2 heterocycles. The van der Waals surface area contributed by atoms with Crippen molar-refractivity contribution in [3.05, 3.63) is 47.2 Å². The van der Waals surface area contributed by atoms with Crippen LogP contribution in [0.15, 0.2) is 34.9 Å². The lowest BCUT2D eigenvalue weighted by Gasteiger charge is -2.37. The van der Waals surface area contributed by atoms with E-state index in [-0.39, 0.29) is 11.9 Å². The molecule has 1 fully saturated rings. The van der Waals surface area contributed by atoms with Gasteiger partial charge in [-0.25, -0.2) is 0 Å². The molecule has 1 aromatic carbocycles. The lowest BCUT2D eigenvalue weighted by Crippen LogP contribution is -2.52. The van der Waals surface area contributed by atoms with Crippen LogP contribution in [0.5, 0.6) is 0 Å². The van der Waals surface area contributed by atoms with Crippen LogP contribution in [0.25, 0.3) is 0 Å². The highest BCUT2D eigenvalue weighted by Gasteiger charge is 2.31. The van der Waals surface area contributed by atoms with Crippen molar-refractivity contribution in [3.8, 4) is 0 Å². The van der Waals surface area contributed by atoms with Gasteiger partial charge in [-0.15, -0.1) is 0 Å². The molecule has 1 aliphatic heterocycles. The summed E-state index contributed by atoms with van der Waals surface area (Å²) in [6.07, 6.45) is -4.33. The van der Waals surface area contributed by atoms with Gasteiger partial charge < -0.3 is 9.84 Å². The molecule has 152 valence electrons. The van der Waals surface area contributed by atoms with Gasteiger partial charge in [-0.05, 0) is 25.5 Å². The number of hydrogen-bond acceptors (Lipinski definition) is 5. The van der Waals surface area contributed by atoms with Crippen LogP contribution in [0.2, 0.25) is 0 Å². The van der Waals surface area contributed by atoms with Crippen LogP contribution in [0.1, 0.15) is 23.8 Å². The summed E-state index contributed by atoms with van der Waals surface area (Å²) in [5.74, 6) is 0.836. The van der Waals surface area contributed by atoms with Gasteiger partial charge >= 0.3 is 6.18 Å². The number of amides is 1. The molecule has 0 bridgehead atoms. The summed E-state index contributed by atoms with van der Waals surface area (Å²) in [5, 5.41) is 6.48. The molecule has 1 unspecified atom stereocenters. The monoisotopic (exact) mass is 396 g/mol. The van der Waals surface area contributed by atoms with Crippen molar-refractivity contribution in [2.45, 2.75) is 32.6 Å². The minimum absolute atomic E-state index is 0.167. The minimum Gasteiger partial charge on any atom is -0.360 e. The molecule has 0 spiro atoms. The highest BCUT2D eigenvalue weighted by molar-refractivity contribution is 5.93. The molecule has 2 aromatic rings. The predicted molar refractivity (Wildman–Crippen MR) is 97.6 cm³/mol. The number of carbonyl (C=O) groups is 1. The average molecular weight is 396 g/mol. The Labute approximate surface area is 161 Å². The van der Waals surface area contributed by atoms with Crippen molar-refractivity contribution >= 4 is 11.7 Å². The van der Waals surface area contributed by atoms with E-state index >= 15 is 0 Å². The van der Waals surface area contributed by atoms with Crippen LogP contribution in [-0.2, 0) is 17.5 Å². The molecule has 1 N–H and O–H groups in total. The van der Waals surface area contributed by atoms with Crippen molar-refractivity contribution in [1.82, 2.24) is 15.0 Å². The Morgan fingerprint density at radius 2 is 1.96 bits per heavy atom. The second-order valence-electron chi connectivity index (χ2n) is 7.00. The number of rotatable bonds is 5. The number of carbonyl (C=O) groups excluding carboxylic acids is 1. The molecule has 1 atom stereocenters. The molecule has 28 heavy (non-hydrogen) atoms. The standard InChI is InChI=1S/C19H23F3N4O2/c1-13-10-17(24-28-13)23-18(27)14(2)26-8-6-25(7-9-26)12-15-4-3-5-16(11-15)19(20,21)22/h3-5,10-11,14H,6-9,12H2,1-2H3,(H,23,24,27). The molecule has 1 saturated heterocycles. The van der Waals surface area contributed by atoms with Gasteiger partial charge in [-0.3, -0.25) is 14.6 Å². The fraction of sp³-hybridized carbons (Fsp3) is 0.474. The topological polar surface area (TPSA) is 61.6 Å². The lowest BCUT2D eigenvalue weighted by molar-refractivity contribution is -0.137. The number of benzene rings is 1. The first kappa shape index (κ1) is 20.3. The Kier molecular flexibility index (Phi) is 6.04. The van der Waals surface area contributed by atoms with Gasteiger partial charge in [0.15, 0.2) is 5.82 Å². The number of halogens is 3. The highest BCUT2D eigenvalue weighted by Crippen LogP contribution is 2.29. The number of alkyl halides is 3. The zero-order valence-corrected chi connectivity index (χ0v) is 15.8. The number of nitrogens with zero attached hydrogens (tertiary/aromatic N) is 3. The second kappa shape index (κ2) is 8.32. The van der Waals surface area contributed by atoms with Crippen LogP contribution >= 0.6 is 0 Å². The van der Waals surface area contributed by atoms with E-state index < -0.39 is 11.7 Å². The van der Waals surface area contributed by atoms with Crippen LogP contribution in [0.3, 0.4) is 0 Å². The van der Waals surface area contributed by atoms with E-state index in [2.05, 4.69) is 15.4 Å². The first-order valence-electron chi connectivity index (χ1n) is 9.09.